The van der Waals surface area contributed by atoms with E-state index in [1.807, 2.05) is 60.2 Å². The molecule has 0 amide bonds. The van der Waals surface area contributed by atoms with Crippen LogP contribution in [-0.4, -0.2) is 26.0 Å². The average molecular weight is 389 g/mol. The predicted octanol–water partition coefficient (Wildman–Crippen LogP) is 4.80. The topological polar surface area (TPSA) is 78.9 Å². The Morgan fingerprint density at radius 2 is 1.93 bits per heavy atom. The van der Waals surface area contributed by atoms with Crippen molar-refractivity contribution in [1.82, 2.24) is 15.0 Å². The minimum atomic E-state index is -0.919. The number of hydrogen-bond acceptors (Lipinski definition) is 4. The zero-order valence-corrected chi connectivity index (χ0v) is 15.9. The summed E-state index contributed by atoms with van der Waals surface area (Å²) in [7, 11) is 0. The molecule has 6 heteroatoms. The summed E-state index contributed by atoms with van der Waals surface area (Å²) in [6.07, 6.45) is 6.90. The SMILES string of the molecule is O=C(O)c1ccc(CC(Cc2ncc[nH]2)c2nccs2)cc1-c1ccccc1. The Kier molecular flexibility index (Phi) is 5.30. The van der Waals surface area contributed by atoms with Gasteiger partial charge in [0.1, 0.15) is 5.82 Å². The normalized spacial score (nSPS) is 12.0. The molecule has 0 aliphatic carbocycles. The van der Waals surface area contributed by atoms with Crippen LogP contribution in [0.25, 0.3) is 11.1 Å². The Balaban J connectivity index is 1.68. The molecule has 2 aromatic carbocycles. The second-order valence-corrected chi connectivity index (χ2v) is 7.49. The van der Waals surface area contributed by atoms with Crippen LogP contribution in [0.4, 0.5) is 0 Å². The molecular weight excluding hydrogens is 370 g/mol. The second kappa shape index (κ2) is 8.19. The number of nitrogens with zero attached hydrogens (tertiary/aromatic N) is 2. The maximum absolute atomic E-state index is 11.7. The zero-order chi connectivity index (χ0) is 19.3. The Labute approximate surface area is 166 Å². The molecular formula is C22H19N3O2S. The van der Waals surface area contributed by atoms with Crippen molar-refractivity contribution >= 4 is 17.3 Å². The highest BCUT2D eigenvalue weighted by Crippen LogP contribution is 2.30. The van der Waals surface area contributed by atoms with Gasteiger partial charge in [-0.05, 0) is 29.2 Å². The van der Waals surface area contributed by atoms with Crippen LogP contribution in [-0.2, 0) is 12.8 Å². The highest BCUT2D eigenvalue weighted by molar-refractivity contribution is 7.09. The van der Waals surface area contributed by atoms with Gasteiger partial charge in [-0.1, -0.05) is 42.5 Å². The van der Waals surface area contributed by atoms with Crippen LogP contribution < -0.4 is 0 Å². The third kappa shape index (κ3) is 4.02. The fraction of sp³-hybridized carbons (Fsp3) is 0.136. The van der Waals surface area contributed by atoms with E-state index in [9.17, 15) is 9.90 Å². The Morgan fingerprint density at radius 3 is 2.61 bits per heavy atom. The van der Waals surface area contributed by atoms with E-state index < -0.39 is 5.97 Å². The van der Waals surface area contributed by atoms with Crippen LogP contribution in [0.3, 0.4) is 0 Å². The number of H-pyrrole nitrogens is 1. The summed E-state index contributed by atoms with van der Waals surface area (Å²) in [6.45, 7) is 0. The van der Waals surface area contributed by atoms with Crippen LogP contribution in [0.1, 0.15) is 32.7 Å². The highest BCUT2D eigenvalue weighted by atomic mass is 32.1. The minimum absolute atomic E-state index is 0.172. The highest BCUT2D eigenvalue weighted by Gasteiger charge is 2.19. The Hall–Kier alpha value is -3.25. The van der Waals surface area contributed by atoms with E-state index in [1.165, 1.54) is 0 Å². The molecule has 0 aliphatic heterocycles. The van der Waals surface area contributed by atoms with E-state index >= 15 is 0 Å². The monoisotopic (exact) mass is 389 g/mol. The van der Waals surface area contributed by atoms with Crippen molar-refractivity contribution in [3.05, 3.63) is 94.5 Å². The van der Waals surface area contributed by atoms with Gasteiger partial charge in [-0.15, -0.1) is 11.3 Å². The molecule has 28 heavy (non-hydrogen) atoms. The van der Waals surface area contributed by atoms with E-state index in [0.29, 0.717) is 5.56 Å². The fourth-order valence-corrected chi connectivity index (χ4v) is 4.11. The van der Waals surface area contributed by atoms with Gasteiger partial charge < -0.3 is 10.1 Å². The number of aromatic nitrogens is 3. The third-order valence-corrected chi connectivity index (χ3v) is 5.61. The lowest BCUT2D eigenvalue weighted by atomic mass is 9.91. The summed E-state index contributed by atoms with van der Waals surface area (Å²) in [4.78, 5) is 23.7. The molecule has 0 bridgehead atoms. The van der Waals surface area contributed by atoms with Crippen LogP contribution in [0.5, 0.6) is 0 Å². The maximum atomic E-state index is 11.7. The molecule has 0 spiro atoms. The van der Waals surface area contributed by atoms with Gasteiger partial charge in [0.2, 0.25) is 0 Å². The summed E-state index contributed by atoms with van der Waals surface area (Å²) < 4.78 is 0. The number of nitrogens with one attached hydrogen (secondary N) is 1. The molecule has 140 valence electrons. The number of carbonyl (C=O) groups is 1. The van der Waals surface area contributed by atoms with E-state index in [2.05, 4.69) is 15.0 Å². The quantitative estimate of drug-likeness (QED) is 0.476. The van der Waals surface area contributed by atoms with Gasteiger partial charge in [-0.3, -0.25) is 0 Å². The maximum Gasteiger partial charge on any atom is 0.336 e. The number of aromatic amines is 1. The van der Waals surface area contributed by atoms with Crippen LogP contribution in [0.15, 0.2) is 72.5 Å². The van der Waals surface area contributed by atoms with E-state index in [4.69, 9.17) is 0 Å². The van der Waals surface area contributed by atoms with Crippen molar-refractivity contribution < 1.29 is 9.90 Å². The molecule has 1 unspecified atom stereocenters. The van der Waals surface area contributed by atoms with Crippen molar-refractivity contribution in [3.63, 3.8) is 0 Å². The first kappa shape index (κ1) is 18.1. The number of aromatic carboxylic acids is 1. The lowest BCUT2D eigenvalue weighted by Crippen LogP contribution is -2.09. The Bertz CT molecular complexity index is 1040. The van der Waals surface area contributed by atoms with Crippen LogP contribution >= 0.6 is 11.3 Å². The molecule has 0 radical (unpaired) electrons. The van der Waals surface area contributed by atoms with Gasteiger partial charge in [0.25, 0.3) is 0 Å². The first-order chi connectivity index (χ1) is 13.7. The second-order valence-electron chi connectivity index (χ2n) is 6.56. The van der Waals surface area contributed by atoms with E-state index in [0.717, 1.165) is 40.4 Å². The predicted molar refractivity (Wildman–Crippen MR) is 110 cm³/mol. The smallest absolute Gasteiger partial charge is 0.336 e. The molecule has 0 aliphatic rings. The van der Waals surface area contributed by atoms with Crippen molar-refractivity contribution in [3.8, 4) is 11.1 Å². The number of imidazole rings is 1. The van der Waals surface area contributed by atoms with Crippen molar-refractivity contribution in [2.75, 3.05) is 0 Å². The van der Waals surface area contributed by atoms with Gasteiger partial charge in [0, 0.05) is 36.3 Å². The molecule has 2 aromatic heterocycles. The molecule has 2 N–H and O–H groups in total. The molecule has 1 atom stereocenters. The fourth-order valence-electron chi connectivity index (χ4n) is 3.37. The van der Waals surface area contributed by atoms with E-state index in [-0.39, 0.29) is 5.92 Å². The minimum Gasteiger partial charge on any atom is -0.478 e. The summed E-state index contributed by atoms with van der Waals surface area (Å²) in [6, 6.07) is 15.2. The summed E-state index contributed by atoms with van der Waals surface area (Å²) >= 11 is 1.63. The van der Waals surface area contributed by atoms with Crippen molar-refractivity contribution in [2.24, 2.45) is 0 Å². The van der Waals surface area contributed by atoms with Crippen LogP contribution in [0, 0.1) is 0 Å². The number of carboxylic acids is 1. The lowest BCUT2D eigenvalue weighted by Gasteiger charge is -2.15. The van der Waals surface area contributed by atoms with Gasteiger partial charge in [0.05, 0.1) is 10.6 Å². The number of benzene rings is 2. The molecule has 4 aromatic rings. The molecule has 4 rings (SSSR count). The number of hydrogen-bond donors (Lipinski definition) is 2. The largest absolute Gasteiger partial charge is 0.478 e. The van der Waals surface area contributed by atoms with Gasteiger partial charge in [-0.2, -0.15) is 0 Å². The number of rotatable bonds is 7. The first-order valence-electron chi connectivity index (χ1n) is 9.00. The van der Waals surface area contributed by atoms with E-state index in [1.54, 1.807) is 23.6 Å². The van der Waals surface area contributed by atoms with Gasteiger partial charge in [-0.25, -0.2) is 14.8 Å². The molecule has 0 saturated carbocycles. The molecule has 0 fully saturated rings. The first-order valence-corrected chi connectivity index (χ1v) is 9.88. The molecule has 2 heterocycles. The van der Waals surface area contributed by atoms with Gasteiger partial charge >= 0.3 is 5.97 Å². The molecule has 0 saturated heterocycles. The summed E-state index contributed by atoms with van der Waals surface area (Å²) in [5.41, 5.74) is 3.03. The number of thiazole rings is 1. The lowest BCUT2D eigenvalue weighted by molar-refractivity contribution is 0.0697. The standard InChI is InChI=1S/C22H19N3O2S/c26-22(27)18-7-6-15(13-19(18)16-4-2-1-3-5-16)12-17(21-25-10-11-28-21)14-20-23-8-9-24-20/h1-11,13,17H,12,14H2,(H,23,24)(H,26,27). The van der Waals surface area contributed by atoms with Crippen molar-refractivity contribution in [1.29, 1.82) is 0 Å². The summed E-state index contributed by atoms with van der Waals surface area (Å²) in [5.74, 6) is 0.175. The van der Waals surface area contributed by atoms with Crippen molar-refractivity contribution in [2.45, 2.75) is 18.8 Å². The summed E-state index contributed by atoms with van der Waals surface area (Å²) in [5, 5.41) is 12.6. The number of carboxylic acid groups (broad SMARTS) is 1. The zero-order valence-electron chi connectivity index (χ0n) is 15.1. The Morgan fingerprint density at radius 1 is 1.07 bits per heavy atom. The molecule has 5 nitrogen and oxygen atoms in total. The van der Waals surface area contributed by atoms with Gasteiger partial charge in [0.15, 0.2) is 0 Å². The third-order valence-electron chi connectivity index (χ3n) is 4.68. The van der Waals surface area contributed by atoms with Crippen LogP contribution in [0.2, 0.25) is 0 Å². The average Bonchev–Trinajstić information content (AvgIpc) is 3.42.